The topological polar surface area (TPSA) is 119 Å². The Balaban J connectivity index is 1.60. The molecule has 0 aliphatic heterocycles. The van der Waals surface area contributed by atoms with Crippen LogP contribution in [0.1, 0.15) is 12.2 Å². The third-order valence-electron chi connectivity index (χ3n) is 3.28. The van der Waals surface area contributed by atoms with Crippen LogP contribution in [0.15, 0.2) is 24.5 Å². The van der Waals surface area contributed by atoms with Crippen LogP contribution in [0, 0.1) is 17.0 Å². The number of hydrogen-bond donors (Lipinski definition) is 2. The molecular weight excluding hydrogens is 330 g/mol. The fourth-order valence-corrected chi connectivity index (χ4v) is 2.76. The Hall–Kier alpha value is -2.88. The molecule has 0 atom stereocenters. The molecule has 9 nitrogen and oxygen atoms in total. The molecule has 2 heterocycles. The zero-order valence-electron chi connectivity index (χ0n) is 12.9. The number of anilines is 2. The summed E-state index contributed by atoms with van der Waals surface area (Å²) < 4.78 is 4.10. The molecule has 0 aliphatic rings. The number of fused-ring (bicyclic) bond motifs is 1. The molecule has 0 fully saturated rings. The van der Waals surface area contributed by atoms with E-state index in [-0.39, 0.29) is 5.69 Å². The maximum absolute atomic E-state index is 10.9. The number of nitro groups is 1. The normalized spacial score (nSPS) is 10.7. The van der Waals surface area contributed by atoms with Gasteiger partial charge in [-0.2, -0.15) is 4.37 Å². The van der Waals surface area contributed by atoms with E-state index in [0.717, 1.165) is 23.9 Å². The highest BCUT2D eigenvalue weighted by atomic mass is 32.1. The lowest BCUT2D eigenvalue weighted by molar-refractivity contribution is -0.384. The number of benzene rings is 1. The van der Waals surface area contributed by atoms with Gasteiger partial charge in [0.05, 0.1) is 10.4 Å². The van der Waals surface area contributed by atoms with Crippen molar-refractivity contribution in [2.24, 2.45) is 0 Å². The van der Waals surface area contributed by atoms with E-state index in [2.05, 4.69) is 30.0 Å². The zero-order valence-corrected chi connectivity index (χ0v) is 13.7. The highest BCUT2D eigenvalue weighted by Gasteiger charge is 2.10. The van der Waals surface area contributed by atoms with Crippen molar-refractivity contribution in [1.29, 1.82) is 0 Å². The number of aryl methyl sites for hydroxylation is 1. The molecule has 0 aliphatic carbocycles. The van der Waals surface area contributed by atoms with Gasteiger partial charge in [0.1, 0.15) is 18.0 Å². The van der Waals surface area contributed by atoms with Crippen LogP contribution in [0.25, 0.3) is 10.9 Å². The van der Waals surface area contributed by atoms with Crippen molar-refractivity contribution in [2.75, 3.05) is 23.7 Å². The van der Waals surface area contributed by atoms with Crippen molar-refractivity contribution in [2.45, 2.75) is 13.3 Å². The molecule has 0 bridgehead atoms. The van der Waals surface area contributed by atoms with Crippen LogP contribution in [0.4, 0.5) is 16.6 Å². The van der Waals surface area contributed by atoms with Gasteiger partial charge in [-0.25, -0.2) is 15.0 Å². The van der Waals surface area contributed by atoms with Crippen LogP contribution in [0.5, 0.6) is 0 Å². The molecule has 1 aromatic carbocycles. The monoisotopic (exact) mass is 345 g/mol. The van der Waals surface area contributed by atoms with Crippen molar-refractivity contribution < 1.29 is 4.92 Å². The van der Waals surface area contributed by atoms with Crippen molar-refractivity contribution in [3.63, 3.8) is 0 Å². The third-order valence-corrected chi connectivity index (χ3v) is 4.04. The number of nitro benzene ring substituents is 1. The summed E-state index contributed by atoms with van der Waals surface area (Å²) in [5.74, 6) is 1.35. The predicted octanol–water partition coefficient (Wildman–Crippen LogP) is 2.61. The van der Waals surface area contributed by atoms with Gasteiger partial charge < -0.3 is 10.6 Å². The molecule has 0 saturated heterocycles. The third kappa shape index (κ3) is 3.71. The average Bonchev–Trinajstić information content (AvgIpc) is 2.99. The maximum Gasteiger partial charge on any atom is 0.270 e. The van der Waals surface area contributed by atoms with Gasteiger partial charge in [0.25, 0.3) is 5.69 Å². The van der Waals surface area contributed by atoms with Crippen LogP contribution in [-0.2, 0) is 0 Å². The molecule has 24 heavy (non-hydrogen) atoms. The minimum absolute atomic E-state index is 0.0219. The summed E-state index contributed by atoms with van der Waals surface area (Å²) in [6.07, 6.45) is 2.28. The molecule has 3 aromatic rings. The van der Waals surface area contributed by atoms with E-state index in [1.165, 1.54) is 30.0 Å². The lowest BCUT2D eigenvalue weighted by atomic mass is 10.2. The summed E-state index contributed by atoms with van der Waals surface area (Å²) >= 11 is 1.33. The number of hydrogen-bond acceptors (Lipinski definition) is 9. The Kier molecular flexibility index (Phi) is 4.75. The molecule has 3 rings (SSSR count). The van der Waals surface area contributed by atoms with Crippen LogP contribution >= 0.6 is 11.5 Å². The van der Waals surface area contributed by atoms with Crippen molar-refractivity contribution in [1.82, 2.24) is 19.3 Å². The smallest absolute Gasteiger partial charge is 0.270 e. The second kappa shape index (κ2) is 7.13. The number of aromatic nitrogens is 4. The molecule has 2 aromatic heterocycles. The first-order valence-corrected chi connectivity index (χ1v) is 8.08. The van der Waals surface area contributed by atoms with E-state index in [9.17, 15) is 10.1 Å². The van der Waals surface area contributed by atoms with Crippen molar-refractivity contribution >= 4 is 39.1 Å². The Morgan fingerprint density at radius 2 is 2.08 bits per heavy atom. The average molecular weight is 345 g/mol. The standard InChI is InChI=1S/C14H15N7O2S/c1-9-19-14(24-20-9)16-6-2-5-15-13-11-7-10(21(22)23)3-4-12(11)17-8-18-13/h3-4,7-8H,2,5-6H2,1H3,(H,15,17,18)(H,16,19,20). The number of nitrogens with zero attached hydrogens (tertiary/aromatic N) is 5. The van der Waals surface area contributed by atoms with E-state index in [1.54, 1.807) is 6.07 Å². The molecular formula is C14H15N7O2S. The van der Waals surface area contributed by atoms with E-state index in [1.807, 2.05) is 6.92 Å². The largest absolute Gasteiger partial charge is 0.369 e. The molecule has 0 spiro atoms. The Morgan fingerprint density at radius 1 is 1.25 bits per heavy atom. The first kappa shape index (κ1) is 16.0. The van der Waals surface area contributed by atoms with Gasteiger partial charge in [-0.3, -0.25) is 10.1 Å². The minimum Gasteiger partial charge on any atom is -0.369 e. The van der Waals surface area contributed by atoms with Gasteiger partial charge in [-0.15, -0.1) is 0 Å². The lowest BCUT2D eigenvalue weighted by Gasteiger charge is -2.08. The van der Waals surface area contributed by atoms with Gasteiger partial charge in [0, 0.05) is 42.1 Å². The van der Waals surface area contributed by atoms with Crippen LogP contribution in [0.3, 0.4) is 0 Å². The quantitative estimate of drug-likeness (QED) is 0.381. The summed E-state index contributed by atoms with van der Waals surface area (Å²) in [6.45, 7) is 3.26. The summed E-state index contributed by atoms with van der Waals surface area (Å²) in [5, 5.41) is 18.8. The fraction of sp³-hybridized carbons (Fsp3) is 0.286. The van der Waals surface area contributed by atoms with Crippen molar-refractivity contribution in [3.05, 3.63) is 40.5 Å². The first-order valence-electron chi connectivity index (χ1n) is 7.31. The van der Waals surface area contributed by atoms with E-state index < -0.39 is 4.92 Å². The molecule has 0 amide bonds. The Bertz CT molecular complexity index is 867. The van der Waals surface area contributed by atoms with E-state index >= 15 is 0 Å². The van der Waals surface area contributed by atoms with E-state index in [0.29, 0.717) is 23.3 Å². The lowest BCUT2D eigenvalue weighted by Crippen LogP contribution is -2.10. The molecule has 124 valence electrons. The summed E-state index contributed by atoms with van der Waals surface area (Å²) in [7, 11) is 0. The van der Waals surface area contributed by atoms with Gasteiger partial charge in [-0.1, -0.05) is 0 Å². The van der Waals surface area contributed by atoms with Gasteiger partial charge in [-0.05, 0) is 19.4 Å². The molecule has 0 unspecified atom stereocenters. The second-order valence-corrected chi connectivity index (χ2v) is 5.79. The molecule has 0 saturated carbocycles. The number of non-ortho nitro benzene ring substituents is 1. The fourth-order valence-electron chi connectivity index (χ4n) is 2.16. The SMILES string of the molecule is Cc1nsc(NCCCNc2ncnc3ccc([N+](=O)[O-])cc23)n1. The van der Waals surface area contributed by atoms with Gasteiger partial charge in [0.15, 0.2) is 0 Å². The summed E-state index contributed by atoms with van der Waals surface area (Å²) in [4.78, 5) is 23.0. The molecule has 10 heteroatoms. The van der Waals surface area contributed by atoms with Crippen LogP contribution < -0.4 is 10.6 Å². The highest BCUT2D eigenvalue weighted by Crippen LogP contribution is 2.24. The Labute approximate surface area is 141 Å². The van der Waals surface area contributed by atoms with Gasteiger partial charge in [0.2, 0.25) is 5.13 Å². The van der Waals surface area contributed by atoms with Crippen LogP contribution in [-0.4, -0.2) is 37.3 Å². The number of rotatable bonds is 7. The highest BCUT2D eigenvalue weighted by molar-refractivity contribution is 7.09. The number of nitrogens with one attached hydrogen (secondary N) is 2. The van der Waals surface area contributed by atoms with Crippen molar-refractivity contribution in [3.8, 4) is 0 Å². The maximum atomic E-state index is 10.9. The molecule has 2 N–H and O–H groups in total. The zero-order chi connectivity index (χ0) is 16.9. The minimum atomic E-state index is -0.426. The molecule has 0 radical (unpaired) electrons. The summed E-state index contributed by atoms with van der Waals surface area (Å²) in [5.41, 5.74) is 0.689. The summed E-state index contributed by atoms with van der Waals surface area (Å²) in [6, 6.07) is 4.55. The van der Waals surface area contributed by atoms with Crippen LogP contribution in [0.2, 0.25) is 0 Å². The Morgan fingerprint density at radius 3 is 2.83 bits per heavy atom. The predicted molar refractivity (Wildman–Crippen MR) is 92.4 cm³/mol. The van der Waals surface area contributed by atoms with E-state index in [4.69, 9.17) is 0 Å². The second-order valence-electron chi connectivity index (χ2n) is 5.03. The van der Waals surface area contributed by atoms with Gasteiger partial charge >= 0.3 is 0 Å². The first-order chi connectivity index (χ1) is 11.6.